The van der Waals surface area contributed by atoms with Crippen LogP contribution in [0.3, 0.4) is 0 Å². The van der Waals surface area contributed by atoms with E-state index in [0.717, 1.165) is 6.54 Å². The lowest BCUT2D eigenvalue weighted by Gasteiger charge is -2.29. The first kappa shape index (κ1) is 11.3. The molecule has 12 heavy (non-hydrogen) atoms. The number of aliphatic imine (C=N–C) groups is 1. The van der Waals surface area contributed by atoms with Crippen molar-refractivity contribution in [2.45, 2.75) is 39.8 Å². The van der Waals surface area contributed by atoms with Crippen molar-refractivity contribution in [1.29, 1.82) is 5.41 Å². The summed E-state index contributed by atoms with van der Waals surface area (Å²) < 4.78 is 0. The van der Waals surface area contributed by atoms with Gasteiger partial charge >= 0.3 is 0 Å². The minimum atomic E-state index is 0.547. The fourth-order valence-corrected chi connectivity index (χ4v) is 1.33. The Morgan fingerprint density at radius 3 is 2.08 bits per heavy atom. The van der Waals surface area contributed by atoms with Gasteiger partial charge in [0, 0.05) is 18.6 Å². The van der Waals surface area contributed by atoms with Crippen LogP contribution in [0.25, 0.3) is 0 Å². The van der Waals surface area contributed by atoms with Gasteiger partial charge in [-0.25, -0.2) is 10.4 Å². The first-order valence-corrected chi connectivity index (χ1v) is 4.43. The number of nitrogens with one attached hydrogen (secondary N) is 1. The van der Waals surface area contributed by atoms with Crippen molar-refractivity contribution in [3.63, 3.8) is 0 Å². The lowest BCUT2D eigenvalue weighted by molar-refractivity contribution is 0.181. The second-order valence-corrected chi connectivity index (χ2v) is 3.42. The van der Waals surface area contributed by atoms with Gasteiger partial charge in [-0.15, -0.1) is 0 Å². The van der Waals surface area contributed by atoms with Crippen LogP contribution in [0.5, 0.6) is 0 Å². The first-order chi connectivity index (χ1) is 5.59. The summed E-state index contributed by atoms with van der Waals surface area (Å²) >= 11 is 0. The molecule has 0 aliphatic carbocycles. The number of hydrogen-bond donors (Lipinski definition) is 1. The Labute approximate surface area is 75.0 Å². The average Bonchev–Trinajstić information content (AvgIpc) is 1.96. The van der Waals surface area contributed by atoms with Gasteiger partial charge in [-0.3, -0.25) is 4.90 Å². The van der Waals surface area contributed by atoms with Gasteiger partial charge in [-0.2, -0.15) is 0 Å². The van der Waals surface area contributed by atoms with Gasteiger partial charge in [0.15, 0.2) is 0 Å². The molecule has 0 aromatic carbocycles. The van der Waals surface area contributed by atoms with Crippen LogP contribution >= 0.6 is 0 Å². The minimum absolute atomic E-state index is 0.547. The highest BCUT2D eigenvalue weighted by Crippen LogP contribution is 2.03. The maximum absolute atomic E-state index is 6.63. The lowest BCUT2D eigenvalue weighted by atomic mass is 10.2. The highest BCUT2D eigenvalue weighted by Gasteiger charge is 2.11. The zero-order valence-electron chi connectivity index (χ0n) is 8.46. The number of hydrogen-bond acceptors (Lipinski definition) is 3. The molecular formula is C9H19N3. The van der Waals surface area contributed by atoms with E-state index < -0.39 is 0 Å². The van der Waals surface area contributed by atoms with Crippen molar-refractivity contribution in [2.24, 2.45) is 4.99 Å². The van der Waals surface area contributed by atoms with E-state index >= 15 is 0 Å². The van der Waals surface area contributed by atoms with Crippen molar-refractivity contribution in [3.8, 4) is 0 Å². The molecule has 0 aromatic rings. The first-order valence-electron chi connectivity index (χ1n) is 4.43. The van der Waals surface area contributed by atoms with Crippen LogP contribution in [-0.4, -0.2) is 36.1 Å². The van der Waals surface area contributed by atoms with Crippen LogP contribution < -0.4 is 0 Å². The van der Waals surface area contributed by atoms with Gasteiger partial charge in [0.1, 0.15) is 0 Å². The van der Waals surface area contributed by atoms with Crippen molar-refractivity contribution >= 4 is 6.01 Å². The molecule has 0 heterocycles. The maximum Gasteiger partial charge on any atom is 0.0862 e. The molecule has 0 unspecified atom stereocenters. The van der Waals surface area contributed by atoms with E-state index in [1.165, 1.54) is 0 Å². The fourth-order valence-electron chi connectivity index (χ4n) is 1.33. The Hall–Kier alpha value is -0.660. The molecule has 0 spiro atoms. The van der Waals surface area contributed by atoms with Crippen molar-refractivity contribution in [3.05, 3.63) is 0 Å². The second kappa shape index (κ2) is 5.92. The fraction of sp³-hybridized carbons (Fsp3) is 0.889. The van der Waals surface area contributed by atoms with Gasteiger partial charge in [0.2, 0.25) is 0 Å². The summed E-state index contributed by atoms with van der Waals surface area (Å²) in [6, 6.07) is 3.14. The van der Waals surface area contributed by atoms with Crippen LogP contribution in [0, 0.1) is 5.41 Å². The molecule has 70 valence electrons. The number of rotatable bonds is 5. The van der Waals surface area contributed by atoms with Crippen molar-refractivity contribution in [1.82, 2.24) is 4.90 Å². The molecule has 0 aliphatic heterocycles. The summed E-state index contributed by atoms with van der Waals surface area (Å²) in [7, 11) is 0. The molecule has 0 rings (SSSR count). The topological polar surface area (TPSA) is 39.5 Å². The molecule has 3 heteroatoms. The second-order valence-electron chi connectivity index (χ2n) is 3.42. The van der Waals surface area contributed by atoms with Crippen molar-refractivity contribution in [2.75, 3.05) is 13.1 Å². The molecule has 0 saturated heterocycles. The summed E-state index contributed by atoms with van der Waals surface area (Å²) in [6.45, 7) is 10.3. The summed E-state index contributed by atoms with van der Waals surface area (Å²) in [5, 5.41) is 6.63. The summed E-state index contributed by atoms with van der Waals surface area (Å²) in [4.78, 5) is 6.10. The standard InChI is InChI=1S/C9H19N3/c1-8(2)12(9(3)4)6-5-11-7-10/h8-10H,5-6H2,1-4H3. The van der Waals surface area contributed by atoms with E-state index in [1.807, 2.05) is 6.01 Å². The maximum atomic E-state index is 6.63. The summed E-state index contributed by atoms with van der Waals surface area (Å²) in [6.07, 6.45) is 0. The Balaban J connectivity index is 3.87. The smallest absolute Gasteiger partial charge is 0.0862 e. The third kappa shape index (κ3) is 4.27. The summed E-state index contributed by atoms with van der Waals surface area (Å²) in [5.41, 5.74) is 0. The minimum Gasteiger partial charge on any atom is -0.297 e. The SMILES string of the molecule is CC(C)N(CCN=C=N)C(C)C. The van der Waals surface area contributed by atoms with E-state index in [4.69, 9.17) is 5.41 Å². The zero-order valence-corrected chi connectivity index (χ0v) is 8.46. The molecule has 0 aromatic heterocycles. The molecular weight excluding hydrogens is 150 g/mol. The number of nitrogens with zero attached hydrogens (tertiary/aromatic N) is 2. The van der Waals surface area contributed by atoms with E-state index in [0.29, 0.717) is 18.6 Å². The summed E-state index contributed by atoms with van der Waals surface area (Å²) in [5.74, 6) is 0. The molecule has 0 bridgehead atoms. The average molecular weight is 169 g/mol. The Morgan fingerprint density at radius 1 is 1.25 bits per heavy atom. The highest BCUT2D eigenvalue weighted by atomic mass is 15.2. The van der Waals surface area contributed by atoms with Gasteiger partial charge in [-0.1, -0.05) is 0 Å². The quantitative estimate of drug-likeness (QED) is 0.627. The third-order valence-electron chi connectivity index (χ3n) is 1.88. The normalized spacial score (nSPS) is 10.9. The zero-order chi connectivity index (χ0) is 9.56. The monoisotopic (exact) mass is 169 g/mol. The molecule has 0 radical (unpaired) electrons. The van der Waals surface area contributed by atoms with Crippen LogP contribution in [-0.2, 0) is 0 Å². The Bertz CT molecular complexity index is 149. The lowest BCUT2D eigenvalue weighted by Crippen LogP contribution is -2.38. The van der Waals surface area contributed by atoms with Crippen molar-refractivity contribution < 1.29 is 0 Å². The van der Waals surface area contributed by atoms with Gasteiger partial charge in [-0.05, 0) is 27.7 Å². The van der Waals surface area contributed by atoms with E-state index in [1.54, 1.807) is 0 Å². The predicted octanol–water partition coefficient (Wildman–Crippen LogP) is 1.86. The highest BCUT2D eigenvalue weighted by molar-refractivity contribution is 5.35. The molecule has 0 fully saturated rings. The third-order valence-corrected chi connectivity index (χ3v) is 1.88. The molecule has 0 amide bonds. The Kier molecular flexibility index (Phi) is 5.60. The van der Waals surface area contributed by atoms with Crippen LogP contribution in [0.4, 0.5) is 0 Å². The van der Waals surface area contributed by atoms with Crippen LogP contribution in [0.1, 0.15) is 27.7 Å². The van der Waals surface area contributed by atoms with Gasteiger partial charge < -0.3 is 0 Å². The molecule has 3 nitrogen and oxygen atoms in total. The molecule has 0 aliphatic rings. The van der Waals surface area contributed by atoms with Gasteiger partial charge in [0.05, 0.1) is 12.6 Å². The van der Waals surface area contributed by atoms with E-state index in [9.17, 15) is 0 Å². The van der Waals surface area contributed by atoms with E-state index in [-0.39, 0.29) is 0 Å². The van der Waals surface area contributed by atoms with Crippen LogP contribution in [0.2, 0.25) is 0 Å². The van der Waals surface area contributed by atoms with E-state index in [2.05, 4.69) is 37.6 Å². The van der Waals surface area contributed by atoms with Crippen LogP contribution in [0.15, 0.2) is 4.99 Å². The molecule has 0 atom stereocenters. The Morgan fingerprint density at radius 2 is 1.75 bits per heavy atom. The predicted molar refractivity (Wildman–Crippen MR) is 52.0 cm³/mol. The molecule has 0 saturated carbocycles. The van der Waals surface area contributed by atoms with Gasteiger partial charge in [0.25, 0.3) is 0 Å². The molecule has 1 N–H and O–H groups in total. The largest absolute Gasteiger partial charge is 0.297 e.